The Morgan fingerprint density at radius 2 is 2.05 bits per heavy atom. The van der Waals surface area contributed by atoms with Crippen molar-refractivity contribution in [2.75, 3.05) is 18.8 Å². The predicted molar refractivity (Wildman–Crippen MR) is 77.4 cm³/mol. The van der Waals surface area contributed by atoms with Crippen molar-refractivity contribution < 1.29 is 8.42 Å². The molecule has 3 N–H and O–H groups in total. The summed E-state index contributed by atoms with van der Waals surface area (Å²) in [6.45, 7) is 4.79. The zero-order chi connectivity index (χ0) is 14.0. The normalized spacial score (nSPS) is 12.4. The lowest BCUT2D eigenvalue weighted by Crippen LogP contribution is -2.31. The number of H-pyrrole nitrogens is 1. The molecular formula is C13H19N3O2S. The molecule has 0 saturated carbocycles. The van der Waals surface area contributed by atoms with Crippen LogP contribution in [0.1, 0.15) is 20.3 Å². The molecule has 104 valence electrons. The van der Waals surface area contributed by atoms with E-state index in [1.165, 1.54) is 10.5 Å². The second-order valence-electron chi connectivity index (χ2n) is 4.45. The van der Waals surface area contributed by atoms with E-state index in [1.807, 2.05) is 13.8 Å². The minimum Gasteiger partial charge on any atom is -0.399 e. The summed E-state index contributed by atoms with van der Waals surface area (Å²) in [5.74, 6) is 0. The van der Waals surface area contributed by atoms with Gasteiger partial charge in [-0.25, -0.2) is 8.42 Å². The number of aromatic nitrogens is 1. The minimum atomic E-state index is -3.47. The fourth-order valence-corrected chi connectivity index (χ4v) is 3.86. The van der Waals surface area contributed by atoms with E-state index in [0.717, 1.165) is 11.9 Å². The lowest BCUT2D eigenvalue weighted by atomic mass is 10.2. The molecule has 0 aliphatic carbocycles. The Labute approximate surface area is 113 Å². The molecule has 6 heteroatoms. The van der Waals surface area contributed by atoms with Gasteiger partial charge in [0, 0.05) is 35.9 Å². The van der Waals surface area contributed by atoms with Crippen LogP contribution in [-0.2, 0) is 10.0 Å². The van der Waals surface area contributed by atoms with E-state index in [2.05, 4.69) is 4.98 Å². The van der Waals surface area contributed by atoms with Gasteiger partial charge in [0.2, 0.25) is 10.0 Å². The van der Waals surface area contributed by atoms with Gasteiger partial charge < -0.3 is 10.7 Å². The highest BCUT2D eigenvalue weighted by Gasteiger charge is 2.25. The number of aromatic amines is 1. The number of anilines is 1. The number of fused-ring (bicyclic) bond motifs is 1. The Morgan fingerprint density at radius 1 is 1.32 bits per heavy atom. The Bertz CT molecular complexity index is 676. The third kappa shape index (κ3) is 2.46. The zero-order valence-electron chi connectivity index (χ0n) is 11.2. The van der Waals surface area contributed by atoms with Crippen LogP contribution in [0.5, 0.6) is 0 Å². The Morgan fingerprint density at radius 3 is 2.68 bits per heavy atom. The fourth-order valence-electron chi connectivity index (χ4n) is 2.16. The average Bonchev–Trinajstić information content (AvgIpc) is 2.79. The number of nitrogens with two attached hydrogens (primary N) is 1. The predicted octanol–water partition coefficient (Wildman–Crippen LogP) is 2.17. The van der Waals surface area contributed by atoms with Crippen LogP contribution in [0, 0.1) is 0 Å². The van der Waals surface area contributed by atoms with E-state index in [4.69, 9.17) is 5.73 Å². The van der Waals surface area contributed by atoms with E-state index < -0.39 is 10.0 Å². The van der Waals surface area contributed by atoms with E-state index in [-0.39, 0.29) is 0 Å². The summed E-state index contributed by atoms with van der Waals surface area (Å²) in [6.07, 6.45) is 2.33. The summed E-state index contributed by atoms with van der Waals surface area (Å²) in [5.41, 5.74) is 7.08. The number of nitrogens with zero attached hydrogens (tertiary/aromatic N) is 1. The maximum atomic E-state index is 12.6. The largest absolute Gasteiger partial charge is 0.399 e. The second kappa shape index (κ2) is 5.22. The molecule has 0 unspecified atom stereocenters. The summed E-state index contributed by atoms with van der Waals surface area (Å²) >= 11 is 0. The molecule has 0 spiro atoms. The number of benzene rings is 1. The Hall–Kier alpha value is -1.53. The average molecular weight is 281 g/mol. The highest BCUT2D eigenvalue weighted by atomic mass is 32.2. The maximum Gasteiger partial charge on any atom is 0.245 e. The van der Waals surface area contributed by atoms with Crippen LogP contribution in [0.4, 0.5) is 5.69 Å². The second-order valence-corrected chi connectivity index (χ2v) is 6.36. The molecule has 0 aliphatic heterocycles. The standard InChI is InChI=1S/C13H19N3O2S/c1-3-7-16(4-2)19(17,18)13-9-15-12-6-5-10(14)8-11(12)13/h5-6,8-9,15H,3-4,7,14H2,1-2H3. The van der Waals surface area contributed by atoms with Gasteiger partial charge in [0.05, 0.1) is 0 Å². The molecule has 0 aliphatic rings. The van der Waals surface area contributed by atoms with Gasteiger partial charge in [-0.15, -0.1) is 0 Å². The van der Waals surface area contributed by atoms with Crippen molar-refractivity contribution >= 4 is 26.6 Å². The first-order chi connectivity index (χ1) is 9.00. The molecule has 1 aromatic heterocycles. The quantitative estimate of drug-likeness (QED) is 0.824. The molecular weight excluding hydrogens is 262 g/mol. The van der Waals surface area contributed by atoms with Gasteiger partial charge in [-0.05, 0) is 24.6 Å². The summed E-state index contributed by atoms with van der Waals surface area (Å²) < 4.78 is 26.7. The van der Waals surface area contributed by atoms with E-state index in [0.29, 0.717) is 29.1 Å². The van der Waals surface area contributed by atoms with E-state index in [1.54, 1.807) is 18.2 Å². The molecule has 0 bridgehead atoms. The minimum absolute atomic E-state index is 0.296. The van der Waals surface area contributed by atoms with Crippen molar-refractivity contribution in [3.05, 3.63) is 24.4 Å². The van der Waals surface area contributed by atoms with Gasteiger partial charge in [0.25, 0.3) is 0 Å². The number of nitrogens with one attached hydrogen (secondary N) is 1. The third-order valence-electron chi connectivity index (χ3n) is 3.11. The number of sulfonamides is 1. The van der Waals surface area contributed by atoms with Crippen LogP contribution in [-0.4, -0.2) is 30.8 Å². The molecule has 1 aromatic carbocycles. The highest BCUT2D eigenvalue weighted by Crippen LogP contribution is 2.27. The van der Waals surface area contributed by atoms with Crippen LogP contribution in [0.3, 0.4) is 0 Å². The third-order valence-corrected chi connectivity index (χ3v) is 5.13. The van der Waals surface area contributed by atoms with Gasteiger partial charge in [-0.1, -0.05) is 13.8 Å². The van der Waals surface area contributed by atoms with Gasteiger partial charge in [-0.2, -0.15) is 4.31 Å². The van der Waals surface area contributed by atoms with E-state index in [9.17, 15) is 8.42 Å². The molecule has 0 saturated heterocycles. The molecule has 0 atom stereocenters. The SMILES string of the molecule is CCCN(CC)S(=O)(=O)c1c[nH]c2ccc(N)cc12. The van der Waals surface area contributed by atoms with E-state index >= 15 is 0 Å². The molecule has 0 amide bonds. The smallest absolute Gasteiger partial charge is 0.245 e. The highest BCUT2D eigenvalue weighted by molar-refractivity contribution is 7.89. The molecule has 19 heavy (non-hydrogen) atoms. The summed E-state index contributed by atoms with van der Waals surface area (Å²) in [5, 5.41) is 0.648. The van der Waals surface area contributed by atoms with Gasteiger partial charge in [-0.3, -0.25) is 0 Å². The first kappa shape index (κ1) is 13.9. The van der Waals surface area contributed by atoms with Crippen LogP contribution in [0.25, 0.3) is 10.9 Å². The summed E-state index contributed by atoms with van der Waals surface area (Å²) in [6, 6.07) is 5.23. The van der Waals surface area contributed by atoms with Gasteiger partial charge >= 0.3 is 0 Å². The molecule has 0 fully saturated rings. The van der Waals surface area contributed by atoms with Gasteiger partial charge in [0.15, 0.2) is 0 Å². The van der Waals surface area contributed by atoms with Crippen molar-refractivity contribution in [3.8, 4) is 0 Å². The first-order valence-corrected chi connectivity index (χ1v) is 7.81. The lowest BCUT2D eigenvalue weighted by Gasteiger charge is -2.19. The van der Waals surface area contributed by atoms with Crippen molar-refractivity contribution in [1.29, 1.82) is 0 Å². The summed E-state index contributed by atoms with van der Waals surface area (Å²) in [7, 11) is -3.47. The van der Waals surface area contributed by atoms with Crippen molar-refractivity contribution in [2.45, 2.75) is 25.2 Å². The van der Waals surface area contributed by atoms with Crippen molar-refractivity contribution in [2.24, 2.45) is 0 Å². The number of rotatable bonds is 5. The van der Waals surface area contributed by atoms with Crippen LogP contribution in [0.15, 0.2) is 29.3 Å². The van der Waals surface area contributed by atoms with Crippen LogP contribution in [0.2, 0.25) is 0 Å². The van der Waals surface area contributed by atoms with Gasteiger partial charge in [0.1, 0.15) is 4.90 Å². The molecule has 5 nitrogen and oxygen atoms in total. The van der Waals surface area contributed by atoms with Crippen molar-refractivity contribution in [1.82, 2.24) is 9.29 Å². The number of nitrogen functional groups attached to an aromatic ring is 1. The first-order valence-electron chi connectivity index (χ1n) is 6.37. The van der Waals surface area contributed by atoms with Crippen LogP contribution < -0.4 is 5.73 Å². The lowest BCUT2D eigenvalue weighted by molar-refractivity contribution is 0.427. The zero-order valence-corrected chi connectivity index (χ0v) is 12.0. The summed E-state index contributed by atoms with van der Waals surface area (Å²) in [4.78, 5) is 3.28. The number of hydrogen-bond acceptors (Lipinski definition) is 3. The van der Waals surface area contributed by atoms with Crippen molar-refractivity contribution in [3.63, 3.8) is 0 Å². The molecule has 1 heterocycles. The maximum absolute atomic E-state index is 12.6. The Balaban J connectivity index is 2.57. The molecule has 2 rings (SSSR count). The molecule has 2 aromatic rings. The van der Waals surface area contributed by atoms with Crippen LogP contribution >= 0.6 is 0 Å². The molecule has 0 radical (unpaired) electrons. The fraction of sp³-hybridized carbons (Fsp3) is 0.385. The monoisotopic (exact) mass is 281 g/mol. The number of hydrogen-bond donors (Lipinski definition) is 2. The topological polar surface area (TPSA) is 79.2 Å². The Kier molecular flexibility index (Phi) is 3.82.